The molecule has 2 aliphatic heterocycles. The highest BCUT2D eigenvalue weighted by atomic mass is 16.5. The lowest BCUT2D eigenvalue weighted by Crippen LogP contribution is -2.41. The fourth-order valence-electron chi connectivity index (χ4n) is 2.20. The van der Waals surface area contributed by atoms with Gasteiger partial charge in [0.1, 0.15) is 0 Å². The first kappa shape index (κ1) is 12.0. The second-order valence-electron chi connectivity index (χ2n) is 4.53. The molecule has 0 aromatic rings. The number of ether oxygens (including phenoxy) is 2. The van der Waals surface area contributed by atoms with Crippen molar-refractivity contribution in [1.82, 2.24) is 9.80 Å². The zero-order valence-corrected chi connectivity index (χ0v) is 9.99. The van der Waals surface area contributed by atoms with Crippen LogP contribution in [0.15, 0.2) is 12.2 Å². The van der Waals surface area contributed by atoms with Crippen LogP contribution in [-0.2, 0) is 9.47 Å². The van der Waals surface area contributed by atoms with Gasteiger partial charge >= 0.3 is 0 Å². The third-order valence-electron chi connectivity index (χ3n) is 3.10. The molecule has 4 heteroatoms. The standard InChI is InChI=1S/C12H22N2O2/c1-12(10-13-2-6-15-7-3-13)11-14-4-8-16-9-5-14/h1-11H2. The van der Waals surface area contributed by atoms with Crippen LogP contribution >= 0.6 is 0 Å². The fourth-order valence-corrected chi connectivity index (χ4v) is 2.20. The van der Waals surface area contributed by atoms with Gasteiger partial charge in [-0.1, -0.05) is 6.58 Å². The van der Waals surface area contributed by atoms with Crippen LogP contribution < -0.4 is 0 Å². The van der Waals surface area contributed by atoms with Gasteiger partial charge in [0.05, 0.1) is 26.4 Å². The summed E-state index contributed by atoms with van der Waals surface area (Å²) in [5.41, 5.74) is 1.31. The van der Waals surface area contributed by atoms with Gasteiger partial charge in [0.25, 0.3) is 0 Å². The topological polar surface area (TPSA) is 24.9 Å². The van der Waals surface area contributed by atoms with E-state index in [9.17, 15) is 0 Å². The minimum absolute atomic E-state index is 0.866. The first-order chi connectivity index (χ1) is 7.84. The molecule has 0 spiro atoms. The van der Waals surface area contributed by atoms with E-state index in [1.54, 1.807) is 0 Å². The smallest absolute Gasteiger partial charge is 0.0594 e. The number of hydrogen-bond acceptors (Lipinski definition) is 4. The predicted molar refractivity (Wildman–Crippen MR) is 63.7 cm³/mol. The monoisotopic (exact) mass is 226 g/mol. The normalized spacial score (nSPS) is 24.5. The van der Waals surface area contributed by atoms with E-state index in [1.807, 2.05) is 0 Å². The van der Waals surface area contributed by atoms with Crippen LogP contribution in [-0.4, -0.2) is 75.5 Å². The lowest BCUT2D eigenvalue weighted by Gasteiger charge is -2.31. The SMILES string of the molecule is C=C(CN1CCOCC1)CN1CCOCC1. The van der Waals surface area contributed by atoms with Gasteiger partial charge in [0, 0.05) is 39.3 Å². The lowest BCUT2D eigenvalue weighted by molar-refractivity contribution is 0.0340. The van der Waals surface area contributed by atoms with Crippen molar-refractivity contribution in [1.29, 1.82) is 0 Å². The van der Waals surface area contributed by atoms with Crippen LogP contribution in [0.3, 0.4) is 0 Å². The van der Waals surface area contributed by atoms with Gasteiger partial charge in [-0.25, -0.2) is 0 Å². The van der Waals surface area contributed by atoms with Crippen LogP contribution in [0.25, 0.3) is 0 Å². The quantitative estimate of drug-likeness (QED) is 0.640. The minimum atomic E-state index is 0.866. The maximum absolute atomic E-state index is 5.33. The Labute approximate surface area is 97.8 Å². The Kier molecular flexibility index (Phi) is 4.78. The molecule has 0 radical (unpaired) electrons. The van der Waals surface area contributed by atoms with Crippen molar-refractivity contribution >= 4 is 0 Å². The first-order valence-corrected chi connectivity index (χ1v) is 6.11. The molecule has 0 aliphatic carbocycles. The zero-order chi connectivity index (χ0) is 11.2. The Morgan fingerprint density at radius 1 is 0.812 bits per heavy atom. The minimum Gasteiger partial charge on any atom is -0.379 e. The molecule has 2 aliphatic rings. The van der Waals surface area contributed by atoms with Crippen molar-refractivity contribution in [2.45, 2.75) is 0 Å². The van der Waals surface area contributed by atoms with E-state index in [0.29, 0.717) is 0 Å². The number of nitrogens with zero attached hydrogens (tertiary/aromatic N) is 2. The van der Waals surface area contributed by atoms with Crippen LogP contribution in [0.5, 0.6) is 0 Å². The van der Waals surface area contributed by atoms with E-state index in [2.05, 4.69) is 16.4 Å². The summed E-state index contributed by atoms with van der Waals surface area (Å²) in [4.78, 5) is 4.85. The van der Waals surface area contributed by atoms with Crippen molar-refractivity contribution in [2.24, 2.45) is 0 Å². The Balaban J connectivity index is 1.66. The molecule has 2 rings (SSSR count). The van der Waals surface area contributed by atoms with Crippen molar-refractivity contribution in [3.63, 3.8) is 0 Å². The zero-order valence-electron chi connectivity index (χ0n) is 9.99. The van der Waals surface area contributed by atoms with Crippen molar-refractivity contribution in [3.05, 3.63) is 12.2 Å². The highest BCUT2D eigenvalue weighted by molar-refractivity contribution is 5.01. The van der Waals surface area contributed by atoms with Gasteiger partial charge in [-0.15, -0.1) is 0 Å². The maximum Gasteiger partial charge on any atom is 0.0594 e. The maximum atomic E-state index is 5.33. The van der Waals surface area contributed by atoms with Crippen LogP contribution in [0.4, 0.5) is 0 Å². The summed E-state index contributed by atoms with van der Waals surface area (Å²) in [6.45, 7) is 13.8. The lowest BCUT2D eigenvalue weighted by atomic mass is 10.2. The van der Waals surface area contributed by atoms with Crippen molar-refractivity contribution in [3.8, 4) is 0 Å². The average molecular weight is 226 g/mol. The fraction of sp³-hybridized carbons (Fsp3) is 0.833. The summed E-state index contributed by atoms with van der Waals surface area (Å²) in [7, 11) is 0. The van der Waals surface area contributed by atoms with Gasteiger partial charge < -0.3 is 9.47 Å². The highest BCUT2D eigenvalue weighted by Crippen LogP contribution is 2.05. The van der Waals surface area contributed by atoms with Gasteiger partial charge in [-0.3, -0.25) is 9.80 Å². The van der Waals surface area contributed by atoms with Crippen molar-refractivity contribution < 1.29 is 9.47 Å². The molecular formula is C12H22N2O2. The molecule has 0 amide bonds. The Morgan fingerprint density at radius 2 is 1.19 bits per heavy atom. The van der Waals surface area contributed by atoms with Gasteiger partial charge in [0.15, 0.2) is 0 Å². The molecule has 92 valence electrons. The summed E-state index contributed by atoms with van der Waals surface area (Å²) < 4.78 is 10.7. The van der Waals surface area contributed by atoms with E-state index >= 15 is 0 Å². The van der Waals surface area contributed by atoms with Gasteiger partial charge in [-0.2, -0.15) is 0 Å². The first-order valence-electron chi connectivity index (χ1n) is 6.11. The molecule has 0 aromatic heterocycles. The largest absolute Gasteiger partial charge is 0.379 e. The Bertz CT molecular complexity index is 199. The summed E-state index contributed by atoms with van der Waals surface area (Å²) in [5, 5.41) is 0. The van der Waals surface area contributed by atoms with Gasteiger partial charge in [-0.05, 0) is 5.57 Å². The molecule has 0 N–H and O–H groups in total. The van der Waals surface area contributed by atoms with E-state index in [0.717, 1.165) is 65.7 Å². The van der Waals surface area contributed by atoms with Gasteiger partial charge in [0.2, 0.25) is 0 Å². The molecule has 2 fully saturated rings. The molecule has 0 saturated carbocycles. The summed E-state index contributed by atoms with van der Waals surface area (Å²) in [6.07, 6.45) is 0. The number of hydrogen-bond donors (Lipinski definition) is 0. The molecule has 16 heavy (non-hydrogen) atoms. The second-order valence-corrected chi connectivity index (χ2v) is 4.53. The molecule has 2 heterocycles. The Morgan fingerprint density at radius 3 is 1.56 bits per heavy atom. The van der Waals surface area contributed by atoms with Crippen LogP contribution in [0.1, 0.15) is 0 Å². The van der Waals surface area contributed by atoms with E-state index in [4.69, 9.17) is 9.47 Å². The summed E-state index contributed by atoms with van der Waals surface area (Å²) in [5.74, 6) is 0. The van der Waals surface area contributed by atoms with E-state index in [1.165, 1.54) is 5.57 Å². The van der Waals surface area contributed by atoms with E-state index < -0.39 is 0 Å². The number of morpholine rings is 2. The molecule has 4 nitrogen and oxygen atoms in total. The molecule has 0 unspecified atom stereocenters. The second kappa shape index (κ2) is 6.35. The Hall–Kier alpha value is -0.420. The third kappa shape index (κ3) is 3.87. The third-order valence-corrected chi connectivity index (χ3v) is 3.10. The van der Waals surface area contributed by atoms with Crippen LogP contribution in [0, 0.1) is 0 Å². The predicted octanol–water partition coefficient (Wildman–Crippen LogP) is 0.207. The highest BCUT2D eigenvalue weighted by Gasteiger charge is 2.14. The van der Waals surface area contributed by atoms with Crippen molar-refractivity contribution in [2.75, 3.05) is 65.7 Å². The molecule has 0 atom stereocenters. The molecule has 0 aromatic carbocycles. The summed E-state index contributed by atoms with van der Waals surface area (Å²) >= 11 is 0. The molecular weight excluding hydrogens is 204 g/mol. The van der Waals surface area contributed by atoms with Crippen LogP contribution in [0.2, 0.25) is 0 Å². The van der Waals surface area contributed by atoms with E-state index in [-0.39, 0.29) is 0 Å². The molecule has 2 saturated heterocycles. The average Bonchev–Trinajstić information content (AvgIpc) is 2.31. The summed E-state index contributed by atoms with van der Waals surface area (Å²) in [6, 6.07) is 0. The number of rotatable bonds is 4. The molecule has 0 bridgehead atoms.